The molecule has 3 aromatic rings. The molecule has 0 atom stereocenters. The molecule has 28 heavy (non-hydrogen) atoms. The summed E-state index contributed by atoms with van der Waals surface area (Å²) in [5.41, 5.74) is 4.32. The molecule has 0 radical (unpaired) electrons. The van der Waals surface area contributed by atoms with Gasteiger partial charge in [0.1, 0.15) is 11.5 Å². The minimum atomic E-state index is 0.512. The average molecular weight is 378 g/mol. The summed E-state index contributed by atoms with van der Waals surface area (Å²) < 4.78 is 22.5. The fourth-order valence-electron chi connectivity index (χ4n) is 3.01. The summed E-state index contributed by atoms with van der Waals surface area (Å²) in [6.07, 6.45) is 0. The van der Waals surface area contributed by atoms with Crippen LogP contribution in [0.4, 0.5) is 0 Å². The zero-order valence-electron chi connectivity index (χ0n) is 16.4. The highest BCUT2D eigenvalue weighted by Gasteiger charge is 2.04. The quantitative estimate of drug-likeness (QED) is 0.490. The van der Waals surface area contributed by atoms with Crippen LogP contribution < -0.4 is 9.47 Å². The van der Waals surface area contributed by atoms with E-state index in [-0.39, 0.29) is 0 Å². The molecular formula is C24H26O4. The van der Waals surface area contributed by atoms with Crippen LogP contribution in [-0.4, -0.2) is 14.2 Å². The molecule has 0 saturated heterocycles. The molecule has 0 unspecified atom stereocenters. The molecule has 0 heterocycles. The van der Waals surface area contributed by atoms with Gasteiger partial charge >= 0.3 is 0 Å². The number of benzene rings is 3. The zero-order valence-corrected chi connectivity index (χ0v) is 16.4. The molecule has 4 nitrogen and oxygen atoms in total. The summed E-state index contributed by atoms with van der Waals surface area (Å²) in [4.78, 5) is 0. The van der Waals surface area contributed by atoms with Crippen molar-refractivity contribution in [3.8, 4) is 11.5 Å². The van der Waals surface area contributed by atoms with Crippen molar-refractivity contribution in [3.05, 3.63) is 95.1 Å². The van der Waals surface area contributed by atoms with Crippen LogP contribution in [0.25, 0.3) is 0 Å². The fourth-order valence-corrected chi connectivity index (χ4v) is 3.01. The molecule has 0 saturated carbocycles. The van der Waals surface area contributed by atoms with E-state index >= 15 is 0 Å². The van der Waals surface area contributed by atoms with Gasteiger partial charge in [-0.05, 0) is 23.3 Å². The maximum absolute atomic E-state index is 5.87. The van der Waals surface area contributed by atoms with Crippen LogP contribution in [0, 0.1) is 0 Å². The van der Waals surface area contributed by atoms with Gasteiger partial charge in [0.15, 0.2) is 0 Å². The largest absolute Gasteiger partial charge is 0.496 e. The van der Waals surface area contributed by atoms with Crippen LogP contribution in [0.2, 0.25) is 0 Å². The summed E-state index contributed by atoms with van der Waals surface area (Å²) in [5.74, 6) is 1.70. The van der Waals surface area contributed by atoms with Crippen LogP contribution in [-0.2, 0) is 35.9 Å². The van der Waals surface area contributed by atoms with E-state index in [1.165, 1.54) is 0 Å². The molecular weight excluding hydrogens is 352 g/mol. The Morgan fingerprint density at radius 3 is 1.46 bits per heavy atom. The molecule has 3 aromatic carbocycles. The first kappa shape index (κ1) is 19.9. The molecule has 4 heteroatoms. The number of hydrogen-bond donors (Lipinski definition) is 0. The Balaban J connectivity index is 1.50. The minimum absolute atomic E-state index is 0.512. The average Bonchev–Trinajstić information content (AvgIpc) is 2.75. The van der Waals surface area contributed by atoms with Gasteiger partial charge in [0.25, 0.3) is 0 Å². The smallest absolute Gasteiger partial charge is 0.124 e. The van der Waals surface area contributed by atoms with Gasteiger partial charge < -0.3 is 18.9 Å². The Bertz CT molecular complexity index is 807. The molecule has 0 bridgehead atoms. The Morgan fingerprint density at radius 1 is 0.536 bits per heavy atom. The molecule has 146 valence electrons. The third-order valence-corrected chi connectivity index (χ3v) is 4.43. The first-order valence-electron chi connectivity index (χ1n) is 9.27. The molecule has 0 amide bonds. The Morgan fingerprint density at radius 2 is 1.00 bits per heavy atom. The predicted octanol–water partition coefficient (Wildman–Crippen LogP) is 5.14. The Labute approximate surface area is 166 Å². The van der Waals surface area contributed by atoms with E-state index in [1.807, 2.05) is 54.6 Å². The molecule has 0 aliphatic heterocycles. The van der Waals surface area contributed by atoms with Crippen molar-refractivity contribution in [2.45, 2.75) is 26.4 Å². The molecule has 3 rings (SSSR count). The third-order valence-electron chi connectivity index (χ3n) is 4.43. The van der Waals surface area contributed by atoms with Crippen LogP contribution in [0.15, 0.2) is 72.8 Å². The van der Waals surface area contributed by atoms with E-state index in [0.29, 0.717) is 26.4 Å². The van der Waals surface area contributed by atoms with Crippen LogP contribution in [0.3, 0.4) is 0 Å². The van der Waals surface area contributed by atoms with Crippen molar-refractivity contribution in [2.24, 2.45) is 0 Å². The summed E-state index contributed by atoms with van der Waals surface area (Å²) in [6, 6.07) is 24.1. The lowest BCUT2D eigenvalue weighted by atomic mass is 10.1. The third kappa shape index (κ3) is 5.59. The van der Waals surface area contributed by atoms with Crippen molar-refractivity contribution in [3.63, 3.8) is 0 Å². The minimum Gasteiger partial charge on any atom is -0.496 e. The van der Waals surface area contributed by atoms with E-state index in [0.717, 1.165) is 33.8 Å². The van der Waals surface area contributed by atoms with E-state index in [2.05, 4.69) is 18.2 Å². The number of hydrogen-bond acceptors (Lipinski definition) is 4. The lowest BCUT2D eigenvalue weighted by Gasteiger charge is -2.11. The number of ether oxygens (including phenoxy) is 4. The van der Waals surface area contributed by atoms with E-state index in [4.69, 9.17) is 18.9 Å². The van der Waals surface area contributed by atoms with E-state index < -0.39 is 0 Å². The Kier molecular flexibility index (Phi) is 7.47. The second-order valence-corrected chi connectivity index (χ2v) is 6.43. The van der Waals surface area contributed by atoms with Crippen LogP contribution in [0.1, 0.15) is 22.3 Å². The standard InChI is InChI=1S/C24H26O4/c1-25-23-12-5-3-10-21(23)17-27-15-19-8-7-9-20(14-19)16-28-18-22-11-4-6-13-24(22)26-2/h3-14H,15-18H2,1-2H3. The highest BCUT2D eigenvalue weighted by atomic mass is 16.5. The van der Waals surface area contributed by atoms with Gasteiger partial charge in [0.2, 0.25) is 0 Å². The molecule has 0 fully saturated rings. The summed E-state index contributed by atoms with van der Waals surface area (Å²) in [5, 5.41) is 0. The van der Waals surface area contributed by atoms with Gasteiger partial charge in [0.05, 0.1) is 40.6 Å². The van der Waals surface area contributed by atoms with Gasteiger partial charge in [-0.15, -0.1) is 0 Å². The van der Waals surface area contributed by atoms with Crippen LogP contribution >= 0.6 is 0 Å². The summed E-state index contributed by atoms with van der Waals surface area (Å²) >= 11 is 0. The second kappa shape index (κ2) is 10.5. The number of rotatable bonds is 10. The van der Waals surface area contributed by atoms with Crippen molar-refractivity contribution < 1.29 is 18.9 Å². The first-order valence-corrected chi connectivity index (χ1v) is 9.27. The van der Waals surface area contributed by atoms with Crippen LogP contribution in [0.5, 0.6) is 11.5 Å². The predicted molar refractivity (Wildman–Crippen MR) is 109 cm³/mol. The highest BCUT2D eigenvalue weighted by molar-refractivity contribution is 5.33. The normalized spacial score (nSPS) is 10.6. The van der Waals surface area contributed by atoms with E-state index in [1.54, 1.807) is 14.2 Å². The van der Waals surface area contributed by atoms with Crippen molar-refractivity contribution in [2.75, 3.05) is 14.2 Å². The SMILES string of the molecule is COc1ccccc1COCc1cccc(COCc2ccccc2OC)c1. The topological polar surface area (TPSA) is 36.9 Å². The molecule has 0 spiro atoms. The maximum atomic E-state index is 5.87. The van der Waals surface area contributed by atoms with Gasteiger partial charge in [-0.1, -0.05) is 60.7 Å². The number of methoxy groups -OCH3 is 2. The monoisotopic (exact) mass is 378 g/mol. The second-order valence-electron chi connectivity index (χ2n) is 6.43. The lowest BCUT2D eigenvalue weighted by molar-refractivity contribution is 0.101. The van der Waals surface area contributed by atoms with Gasteiger partial charge in [-0.25, -0.2) is 0 Å². The maximum Gasteiger partial charge on any atom is 0.124 e. The molecule has 0 aliphatic carbocycles. The summed E-state index contributed by atoms with van der Waals surface area (Å²) in [7, 11) is 3.35. The number of para-hydroxylation sites is 2. The summed E-state index contributed by atoms with van der Waals surface area (Å²) in [6.45, 7) is 2.11. The molecule has 0 aromatic heterocycles. The lowest BCUT2D eigenvalue weighted by Crippen LogP contribution is -1.99. The molecule has 0 N–H and O–H groups in total. The van der Waals surface area contributed by atoms with Gasteiger partial charge in [-0.3, -0.25) is 0 Å². The first-order chi connectivity index (χ1) is 13.8. The van der Waals surface area contributed by atoms with Crippen molar-refractivity contribution in [1.29, 1.82) is 0 Å². The zero-order chi connectivity index (χ0) is 19.6. The van der Waals surface area contributed by atoms with Gasteiger partial charge in [-0.2, -0.15) is 0 Å². The molecule has 0 aliphatic rings. The van der Waals surface area contributed by atoms with Gasteiger partial charge in [0, 0.05) is 11.1 Å². The van der Waals surface area contributed by atoms with E-state index in [9.17, 15) is 0 Å². The van der Waals surface area contributed by atoms with Crippen molar-refractivity contribution >= 4 is 0 Å². The highest BCUT2D eigenvalue weighted by Crippen LogP contribution is 2.20. The Hall–Kier alpha value is -2.82. The van der Waals surface area contributed by atoms with Crippen molar-refractivity contribution in [1.82, 2.24) is 0 Å². The fraction of sp³-hybridized carbons (Fsp3) is 0.250.